The molecule has 3 aliphatic carbocycles. The summed E-state index contributed by atoms with van der Waals surface area (Å²) in [5.74, 6) is 0. The Kier molecular flexibility index (Phi) is 6.20. The number of benzene rings is 2. The molecule has 0 radical (unpaired) electrons. The molecular weight excluding hydrogens is 392 g/mol. The van der Waals surface area contributed by atoms with E-state index in [0.29, 0.717) is 0 Å². The van der Waals surface area contributed by atoms with Crippen molar-refractivity contribution in [3.63, 3.8) is 0 Å². The van der Waals surface area contributed by atoms with Crippen molar-refractivity contribution >= 4 is 0 Å². The summed E-state index contributed by atoms with van der Waals surface area (Å²) >= 11 is 0. The van der Waals surface area contributed by atoms with Gasteiger partial charge in [0.25, 0.3) is 0 Å². The number of hydrogen-bond acceptors (Lipinski definition) is 2. The molecule has 0 amide bonds. The molecule has 2 aromatic rings. The van der Waals surface area contributed by atoms with E-state index >= 15 is 0 Å². The highest BCUT2D eigenvalue weighted by Crippen LogP contribution is 2.47. The Morgan fingerprint density at radius 1 is 0.375 bits per heavy atom. The fourth-order valence-electron chi connectivity index (χ4n) is 6.95. The van der Waals surface area contributed by atoms with E-state index in [1.807, 2.05) is 0 Å². The fraction of sp³-hybridized carbons (Fsp3) is 0.600. The van der Waals surface area contributed by atoms with Gasteiger partial charge in [-0.05, 0) is 60.8 Å². The Bertz CT molecular complexity index is 808. The summed E-state index contributed by atoms with van der Waals surface area (Å²) in [6.45, 7) is 0. The monoisotopic (exact) mass is 432 g/mol. The predicted molar refractivity (Wildman–Crippen MR) is 131 cm³/mol. The molecule has 0 saturated heterocycles. The minimum Gasteiger partial charge on any atom is -0.385 e. The Hall–Kier alpha value is -1.64. The van der Waals surface area contributed by atoms with Crippen LogP contribution in [0.2, 0.25) is 0 Å². The summed E-state index contributed by atoms with van der Waals surface area (Å²) in [5.41, 5.74) is 3.78. The minimum atomic E-state index is -0.631. The Labute approximate surface area is 194 Å². The molecule has 2 heteroatoms. The van der Waals surface area contributed by atoms with Gasteiger partial charge in [-0.3, -0.25) is 0 Å². The molecular formula is C30H40O2. The normalized spacial score (nSPS) is 24.7. The molecule has 3 aliphatic rings. The zero-order valence-corrected chi connectivity index (χ0v) is 19.6. The third-order valence-corrected chi connectivity index (χ3v) is 9.02. The molecule has 0 spiro atoms. The highest BCUT2D eigenvalue weighted by Gasteiger charge is 2.38. The summed E-state index contributed by atoms with van der Waals surface area (Å²) in [6.07, 6.45) is 16.8. The molecule has 2 aromatic carbocycles. The van der Waals surface area contributed by atoms with Crippen molar-refractivity contribution < 1.29 is 10.2 Å². The molecule has 172 valence electrons. The molecule has 2 N–H and O–H groups in total. The largest absolute Gasteiger partial charge is 0.385 e. The third-order valence-electron chi connectivity index (χ3n) is 9.02. The summed E-state index contributed by atoms with van der Waals surface area (Å²) in [7, 11) is 0. The van der Waals surface area contributed by atoms with Crippen LogP contribution in [-0.2, 0) is 16.6 Å². The highest BCUT2D eigenvalue weighted by atomic mass is 16.3. The maximum Gasteiger partial charge on any atom is 0.0896 e. The van der Waals surface area contributed by atoms with E-state index < -0.39 is 11.2 Å². The van der Waals surface area contributed by atoms with E-state index in [1.165, 1.54) is 56.1 Å². The maximum absolute atomic E-state index is 11.2. The van der Waals surface area contributed by atoms with Crippen LogP contribution in [0.1, 0.15) is 119 Å². The molecule has 5 rings (SSSR count). The molecule has 0 aromatic heterocycles. The van der Waals surface area contributed by atoms with Crippen LogP contribution >= 0.6 is 0 Å². The van der Waals surface area contributed by atoms with Crippen molar-refractivity contribution in [1.82, 2.24) is 0 Å². The van der Waals surface area contributed by atoms with E-state index in [1.54, 1.807) is 0 Å². The average molecular weight is 433 g/mol. The van der Waals surface area contributed by atoms with Gasteiger partial charge in [0.2, 0.25) is 0 Å². The summed E-state index contributed by atoms with van der Waals surface area (Å²) < 4.78 is 0. The van der Waals surface area contributed by atoms with Crippen LogP contribution in [0.4, 0.5) is 0 Å². The van der Waals surface area contributed by atoms with E-state index in [0.717, 1.165) is 62.5 Å². The molecule has 2 nitrogen and oxygen atoms in total. The summed E-state index contributed by atoms with van der Waals surface area (Å²) in [4.78, 5) is 0. The second-order valence-electron chi connectivity index (χ2n) is 11.0. The molecule has 0 heterocycles. The second-order valence-corrected chi connectivity index (χ2v) is 11.0. The number of aliphatic hydroxyl groups is 2. The zero-order valence-electron chi connectivity index (χ0n) is 19.6. The molecule has 32 heavy (non-hydrogen) atoms. The van der Waals surface area contributed by atoms with Crippen molar-refractivity contribution in [2.45, 2.75) is 113 Å². The van der Waals surface area contributed by atoms with Gasteiger partial charge in [-0.1, -0.05) is 106 Å². The van der Waals surface area contributed by atoms with Crippen molar-refractivity contribution in [3.05, 3.63) is 70.8 Å². The van der Waals surface area contributed by atoms with Crippen molar-refractivity contribution in [2.24, 2.45) is 0 Å². The van der Waals surface area contributed by atoms with Crippen molar-refractivity contribution in [3.8, 4) is 0 Å². The predicted octanol–water partition coefficient (Wildman–Crippen LogP) is 7.24. The summed E-state index contributed by atoms with van der Waals surface area (Å²) in [5, 5.41) is 22.4. The second kappa shape index (κ2) is 8.95. The van der Waals surface area contributed by atoms with Gasteiger partial charge in [0, 0.05) is 5.41 Å². The third kappa shape index (κ3) is 4.05. The van der Waals surface area contributed by atoms with Gasteiger partial charge in [-0.15, -0.1) is 0 Å². The fourth-order valence-corrected chi connectivity index (χ4v) is 6.95. The molecule has 0 aliphatic heterocycles. The minimum absolute atomic E-state index is 0.0552. The first kappa shape index (κ1) is 22.2. The van der Waals surface area contributed by atoms with E-state index in [2.05, 4.69) is 48.5 Å². The van der Waals surface area contributed by atoms with Crippen molar-refractivity contribution in [2.75, 3.05) is 0 Å². The van der Waals surface area contributed by atoms with Gasteiger partial charge < -0.3 is 10.2 Å². The highest BCUT2D eigenvalue weighted by molar-refractivity contribution is 5.43. The average Bonchev–Trinajstić information content (AvgIpc) is 2.86. The lowest BCUT2D eigenvalue weighted by Gasteiger charge is -2.40. The van der Waals surface area contributed by atoms with Crippen LogP contribution in [0.15, 0.2) is 48.5 Å². The zero-order chi connectivity index (χ0) is 22.1. The molecule has 0 unspecified atom stereocenters. The van der Waals surface area contributed by atoms with Crippen LogP contribution in [-0.4, -0.2) is 10.2 Å². The Morgan fingerprint density at radius 3 is 1.00 bits per heavy atom. The first-order valence-electron chi connectivity index (χ1n) is 13.2. The maximum atomic E-state index is 11.2. The van der Waals surface area contributed by atoms with Gasteiger partial charge in [0.15, 0.2) is 0 Å². The first-order valence-corrected chi connectivity index (χ1v) is 13.2. The molecule has 0 bridgehead atoms. The lowest BCUT2D eigenvalue weighted by atomic mass is 9.64. The lowest BCUT2D eigenvalue weighted by Crippen LogP contribution is -2.32. The van der Waals surface area contributed by atoms with Crippen LogP contribution in [0.25, 0.3) is 0 Å². The topological polar surface area (TPSA) is 40.5 Å². The van der Waals surface area contributed by atoms with Crippen LogP contribution in [0.3, 0.4) is 0 Å². The number of hydrogen-bond donors (Lipinski definition) is 2. The van der Waals surface area contributed by atoms with Crippen LogP contribution in [0.5, 0.6) is 0 Å². The van der Waals surface area contributed by atoms with Crippen molar-refractivity contribution in [1.29, 1.82) is 0 Å². The van der Waals surface area contributed by atoms with Gasteiger partial charge >= 0.3 is 0 Å². The van der Waals surface area contributed by atoms with Crippen LogP contribution in [0, 0.1) is 0 Å². The van der Waals surface area contributed by atoms with Gasteiger partial charge in [0.05, 0.1) is 11.2 Å². The summed E-state index contributed by atoms with van der Waals surface area (Å²) in [6, 6.07) is 18.0. The first-order chi connectivity index (χ1) is 15.5. The molecule has 3 saturated carbocycles. The van der Waals surface area contributed by atoms with Crippen LogP contribution < -0.4 is 0 Å². The van der Waals surface area contributed by atoms with Gasteiger partial charge in [-0.25, -0.2) is 0 Å². The van der Waals surface area contributed by atoms with E-state index in [-0.39, 0.29) is 5.41 Å². The van der Waals surface area contributed by atoms with Gasteiger partial charge in [0.1, 0.15) is 0 Å². The van der Waals surface area contributed by atoms with Gasteiger partial charge in [-0.2, -0.15) is 0 Å². The molecule has 0 atom stereocenters. The standard InChI is InChI=1S/C30H40O2/c31-29(20-6-2-7-21-29)26-14-10-24(11-15-26)28(18-4-1-5-19-28)25-12-16-27(17-13-25)30(32)22-8-3-9-23-30/h10-17,31-32H,1-9,18-23H2. The molecule has 3 fully saturated rings. The smallest absolute Gasteiger partial charge is 0.0896 e. The lowest BCUT2D eigenvalue weighted by molar-refractivity contribution is -0.000960. The number of rotatable bonds is 4. The SMILES string of the molecule is OC1(c2ccc(C3(c4ccc(C5(O)CCCCC5)cc4)CCCCC3)cc2)CCCCC1. The Morgan fingerprint density at radius 2 is 0.656 bits per heavy atom. The quantitative estimate of drug-likeness (QED) is 0.534. The Balaban J connectivity index is 1.45. The van der Waals surface area contributed by atoms with E-state index in [4.69, 9.17) is 0 Å². The van der Waals surface area contributed by atoms with E-state index in [9.17, 15) is 10.2 Å².